The number of benzene rings is 4. The van der Waals surface area contributed by atoms with Crippen LogP contribution in [0.25, 0.3) is 16.7 Å². The van der Waals surface area contributed by atoms with Gasteiger partial charge >= 0.3 is 12.1 Å². The zero-order chi connectivity index (χ0) is 31.3. The SMILES string of the molecule is Cc1cc(C)cc(N2C(=O)C(=CNc3cccc(-c4cccc(C(C)(C)C(=O)O)c4)c3O)c3ccc(C(F)(F)F)cc32)c1. The molecule has 1 aliphatic heterocycles. The van der Waals surface area contributed by atoms with E-state index in [9.17, 15) is 33.0 Å². The number of nitrogens with one attached hydrogen (secondary N) is 1. The van der Waals surface area contributed by atoms with Crippen molar-refractivity contribution in [2.75, 3.05) is 10.2 Å². The largest absolute Gasteiger partial charge is 0.505 e. The van der Waals surface area contributed by atoms with Crippen molar-refractivity contribution < 1.29 is 33.0 Å². The van der Waals surface area contributed by atoms with E-state index in [1.54, 1.807) is 68.4 Å². The summed E-state index contributed by atoms with van der Waals surface area (Å²) in [5.74, 6) is -1.66. The van der Waals surface area contributed by atoms with Gasteiger partial charge in [-0.05, 0) is 86.3 Å². The molecule has 0 saturated carbocycles. The minimum absolute atomic E-state index is 0.105. The molecule has 1 aliphatic rings. The molecule has 1 heterocycles. The van der Waals surface area contributed by atoms with Crippen molar-refractivity contribution in [2.24, 2.45) is 0 Å². The number of para-hydroxylation sites is 1. The first-order chi connectivity index (χ1) is 20.2. The molecule has 0 saturated heterocycles. The molecule has 0 radical (unpaired) electrons. The smallest absolute Gasteiger partial charge is 0.416 e. The molecule has 0 aromatic heterocycles. The Labute approximate surface area is 246 Å². The van der Waals surface area contributed by atoms with Crippen molar-refractivity contribution in [1.29, 1.82) is 0 Å². The van der Waals surface area contributed by atoms with Gasteiger partial charge in [0.2, 0.25) is 0 Å². The molecule has 0 fully saturated rings. The number of carboxylic acid groups (broad SMARTS) is 1. The quantitative estimate of drug-likeness (QED) is 0.157. The van der Waals surface area contributed by atoms with Crippen molar-refractivity contribution in [3.8, 4) is 16.9 Å². The van der Waals surface area contributed by atoms with E-state index in [0.717, 1.165) is 23.3 Å². The van der Waals surface area contributed by atoms with Crippen LogP contribution in [0.5, 0.6) is 5.75 Å². The first kappa shape index (κ1) is 29.4. The van der Waals surface area contributed by atoms with Crippen molar-refractivity contribution in [3.05, 3.63) is 113 Å². The number of fused-ring (bicyclic) bond motifs is 1. The third-order valence-corrected chi connectivity index (χ3v) is 7.59. The van der Waals surface area contributed by atoms with E-state index < -0.39 is 29.0 Å². The predicted molar refractivity (Wildman–Crippen MR) is 160 cm³/mol. The van der Waals surface area contributed by atoms with Gasteiger partial charge in [0.25, 0.3) is 5.91 Å². The Morgan fingerprint density at radius 1 is 0.860 bits per heavy atom. The molecule has 0 spiro atoms. The van der Waals surface area contributed by atoms with Crippen LogP contribution in [-0.4, -0.2) is 22.1 Å². The van der Waals surface area contributed by atoms with Crippen LogP contribution in [-0.2, 0) is 21.2 Å². The molecule has 9 heteroatoms. The van der Waals surface area contributed by atoms with E-state index in [0.29, 0.717) is 27.9 Å². The number of aromatic hydroxyl groups is 1. The summed E-state index contributed by atoms with van der Waals surface area (Å²) in [5, 5.41) is 23.8. The lowest BCUT2D eigenvalue weighted by atomic mass is 9.83. The summed E-state index contributed by atoms with van der Waals surface area (Å²) in [5.41, 5.74) is 2.47. The number of aliphatic carboxylic acids is 1. The number of hydrogen-bond acceptors (Lipinski definition) is 4. The number of alkyl halides is 3. The summed E-state index contributed by atoms with van der Waals surface area (Å²) < 4.78 is 40.9. The number of hydrogen-bond donors (Lipinski definition) is 3. The van der Waals surface area contributed by atoms with Gasteiger partial charge in [0.15, 0.2) is 0 Å². The Morgan fingerprint density at radius 3 is 2.19 bits per heavy atom. The fourth-order valence-corrected chi connectivity index (χ4v) is 5.18. The van der Waals surface area contributed by atoms with Gasteiger partial charge in [0.1, 0.15) is 5.75 Å². The second-order valence-corrected chi connectivity index (χ2v) is 11.1. The van der Waals surface area contributed by atoms with Crippen LogP contribution in [0.3, 0.4) is 0 Å². The maximum atomic E-state index is 13.8. The Morgan fingerprint density at radius 2 is 1.53 bits per heavy atom. The average Bonchev–Trinajstić information content (AvgIpc) is 3.21. The number of phenols is 1. The molecule has 0 atom stereocenters. The summed E-state index contributed by atoms with van der Waals surface area (Å²) in [7, 11) is 0. The Bertz CT molecular complexity index is 1790. The molecule has 4 aromatic carbocycles. The topological polar surface area (TPSA) is 89.9 Å². The Balaban J connectivity index is 1.55. The van der Waals surface area contributed by atoms with Crippen LogP contribution in [0, 0.1) is 13.8 Å². The van der Waals surface area contributed by atoms with Gasteiger partial charge in [-0.2, -0.15) is 13.2 Å². The monoisotopic (exact) mass is 586 g/mol. The van der Waals surface area contributed by atoms with Gasteiger partial charge in [0.05, 0.1) is 27.9 Å². The van der Waals surface area contributed by atoms with Crippen LogP contribution in [0.15, 0.2) is 85.1 Å². The van der Waals surface area contributed by atoms with Crippen LogP contribution in [0.1, 0.15) is 41.7 Å². The summed E-state index contributed by atoms with van der Waals surface area (Å²) in [6.07, 6.45) is -3.22. The second kappa shape index (κ2) is 10.7. The number of nitrogens with zero attached hydrogens (tertiary/aromatic N) is 1. The van der Waals surface area contributed by atoms with Gasteiger partial charge in [-0.3, -0.25) is 14.5 Å². The molecule has 6 nitrogen and oxygen atoms in total. The molecule has 0 aliphatic carbocycles. The van der Waals surface area contributed by atoms with Crippen LogP contribution in [0.4, 0.5) is 30.2 Å². The van der Waals surface area contributed by atoms with Crippen molar-refractivity contribution >= 4 is 34.5 Å². The zero-order valence-electron chi connectivity index (χ0n) is 23.9. The van der Waals surface area contributed by atoms with E-state index in [1.807, 2.05) is 19.9 Å². The highest BCUT2D eigenvalue weighted by atomic mass is 19.4. The highest BCUT2D eigenvalue weighted by Crippen LogP contribution is 2.45. The highest BCUT2D eigenvalue weighted by Gasteiger charge is 2.38. The molecule has 3 N–H and O–H groups in total. The van der Waals surface area contributed by atoms with Crippen molar-refractivity contribution in [1.82, 2.24) is 0 Å². The standard InChI is InChI=1S/C34H29F3N2O4/c1-19-13-20(2)15-24(14-19)39-29-17-23(34(35,36)37)11-12-26(29)27(31(39)41)18-38-28-10-6-9-25(30(28)40)21-7-5-8-22(16-21)33(3,4)32(42)43/h5-18,38,40H,1-4H3,(H,42,43). The predicted octanol–water partition coefficient (Wildman–Crippen LogP) is 8.19. The molecule has 5 rings (SSSR count). The first-order valence-electron chi connectivity index (χ1n) is 13.5. The first-order valence-corrected chi connectivity index (χ1v) is 13.5. The molecule has 0 bridgehead atoms. The third-order valence-electron chi connectivity index (χ3n) is 7.59. The number of carbonyl (C=O) groups is 2. The average molecular weight is 587 g/mol. The van der Waals surface area contributed by atoms with Gasteiger partial charge in [-0.15, -0.1) is 0 Å². The second-order valence-electron chi connectivity index (χ2n) is 11.1. The molecule has 220 valence electrons. The number of anilines is 3. The number of phenolic OH excluding ortho intramolecular Hbond substituents is 1. The number of rotatable bonds is 6. The fourth-order valence-electron chi connectivity index (χ4n) is 5.18. The lowest BCUT2D eigenvalue weighted by Gasteiger charge is -2.20. The normalized spacial score (nSPS) is 14.3. The summed E-state index contributed by atoms with van der Waals surface area (Å²) in [6.45, 7) is 6.87. The minimum atomic E-state index is -4.60. The summed E-state index contributed by atoms with van der Waals surface area (Å²) in [6, 6.07) is 20.4. The van der Waals surface area contributed by atoms with Crippen LogP contribution >= 0.6 is 0 Å². The maximum Gasteiger partial charge on any atom is 0.416 e. The Hall–Kier alpha value is -5.05. The number of halogens is 3. The fraction of sp³-hybridized carbons (Fsp3) is 0.176. The third kappa shape index (κ3) is 5.46. The zero-order valence-corrected chi connectivity index (χ0v) is 23.9. The molecular weight excluding hydrogens is 557 g/mol. The maximum absolute atomic E-state index is 13.8. The van der Waals surface area contributed by atoms with Crippen molar-refractivity contribution in [3.63, 3.8) is 0 Å². The van der Waals surface area contributed by atoms with Crippen molar-refractivity contribution in [2.45, 2.75) is 39.3 Å². The van der Waals surface area contributed by atoms with E-state index >= 15 is 0 Å². The van der Waals surface area contributed by atoms with Crippen LogP contribution < -0.4 is 10.2 Å². The Kier molecular flexibility index (Phi) is 7.29. The number of carboxylic acids is 1. The van der Waals surface area contributed by atoms with E-state index in [2.05, 4.69) is 5.32 Å². The number of carbonyl (C=O) groups excluding carboxylic acids is 1. The van der Waals surface area contributed by atoms with Gasteiger partial charge in [-0.25, -0.2) is 0 Å². The van der Waals surface area contributed by atoms with E-state index in [1.165, 1.54) is 17.2 Å². The lowest BCUT2D eigenvalue weighted by Crippen LogP contribution is -2.28. The number of aryl methyl sites for hydroxylation is 2. The molecule has 0 unspecified atom stereocenters. The summed E-state index contributed by atoms with van der Waals surface area (Å²) >= 11 is 0. The lowest BCUT2D eigenvalue weighted by molar-refractivity contribution is -0.142. The number of amides is 1. The van der Waals surface area contributed by atoms with E-state index in [4.69, 9.17) is 0 Å². The minimum Gasteiger partial charge on any atom is -0.505 e. The molecule has 43 heavy (non-hydrogen) atoms. The highest BCUT2D eigenvalue weighted by molar-refractivity contribution is 6.35. The van der Waals surface area contributed by atoms with Crippen LogP contribution in [0.2, 0.25) is 0 Å². The summed E-state index contributed by atoms with van der Waals surface area (Å²) in [4.78, 5) is 26.8. The molecule has 4 aromatic rings. The van der Waals surface area contributed by atoms with Gasteiger partial charge in [-0.1, -0.05) is 42.5 Å². The van der Waals surface area contributed by atoms with Gasteiger partial charge < -0.3 is 15.5 Å². The molecule has 1 amide bonds. The van der Waals surface area contributed by atoms with E-state index in [-0.39, 0.29) is 22.7 Å². The van der Waals surface area contributed by atoms with Gasteiger partial charge in [0, 0.05) is 23.0 Å². The molecular formula is C34H29F3N2O4.